The largest absolute Gasteiger partial charge is 0.370 e. The van der Waals surface area contributed by atoms with E-state index in [2.05, 4.69) is 25.3 Å². The highest BCUT2D eigenvalue weighted by molar-refractivity contribution is 7.13. The highest BCUT2D eigenvalue weighted by Crippen LogP contribution is 2.26. The van der Waals surface area contributed by atoms with E-state index in [0.717, 1.165) is 16.1 Å². The molecule has 0 amide bonds. The van der Waals surface area contributed by atoms with Crippen LogP contribution >= 0.6 is 11.3 Å². The monoisotopic (exact) mass is 377 g/mol. The Kier molecular flexibility index (Phi) is 4.22. The lowest BCUT2D eigenvalue weighted by molar-refractivity contribution is 0.944. The van der Waals surface area contributed by atoms with E-state index in [-0.39, 0.29) is 11.9 Å². The molecule has 134 valence electrons. The molecule has 0 aliphatic heterocycles. The van der Waals surface area contributed by atoms with E-state index in [9.17, 15) is 0 Å². The molecule has 4 rings (SSSR count). The number of guanidine groups is 2. The van der Waals surface area contributed by atoms with Crippen molar-refractivity contribution in [2.24, 2.45) is 27.2 Å². The lowest BCUT2D eigenvalue weighted by Gasteiger charge is -2.04. The summed E-state index contributed by atoms with van der Waals surface area (Å²) in [5, 5.41) is 15.1. The molecule has 10 heteroatoms. The first-order valence-electron chi connectivity index (χ1n) is 7.91. The molecular formula is C17H15N9S. The van der Waals surface area contributed by atoms with Crippen LogP contribution in [0.25, 0.3) is 27.6 Å². The SMILES string of the molecule is NC(N)=NC(N)=Nc1cccc(-c2ccc3nnc(-c4cccs4)n3n2)c1. The van der Waals surface area contributed by atoms with E-state index in [1.54, 1.807) is 21.9 Å². The fourth-order valence-electron chi connectivity index (χ4n) is 2.53. The van der Waals surface area contributed by atoms with Crippen molar-refractivity contribution < 1.29 is 0 Å². The first kappa shape index (κ1) is 16.7. The summed E-state index contributed by atoms with van der Waals surface area (Å²) >= 11 is 1.58. The molecule has 27 heavy (non-hydrogen) atoms. The molecule has 3 heterocycles. The normalized spacial score (nSPS) is 11.6. The first-order chi connectivity index (χ1) is 13.1. The highest BCUT2D eigenvalue weighted by atomic mass is 32.1. The lowest BCUT2D eigenvalue weighted by Crippen LogP contribution is -2.26. The van der Waals surface area contributed by atoms with E-state index in [4.69, 9.17) is 17.2 Å². The van der Waals surface area contributed by atoms with Crippen LogP contribution in [0.15, 0.2) is 63.9 Å². The summed E-state index contributed by atoms with van der Waals surface area (Å²) in [5.74, 6) is 0.538. The molecule has 0 unspecified atom stereocenters. The van der Waals surface area contributed by atoms with Gasteiger partial charge < -0.3 is 17.2 Å². The summed E-state index contributed by atoms with van der Waals surface area (Å²) in [6.07, 6.45) is 0. The van der Waals surface area contributed by atoms with Gasteiger partial charge in [-0.05, 0) is 35.7 Å². The van der Waals surface area contributed by atoms with Gasteiger partial charge in [-0.2, -0.15) is 14.6 Å². The minimum atomic E-state index is -0.145. The number of hydrogen-bond donors (Lipinski definition) is 3. The van der Waals surface area contributed by atoms with Crippen molar-refractivity contribution >= 4 is 34.6 Å². The quantitative estimate of drug-likeness (QED) is 0.366. The smallest absolute Gasteiger partial charge is 0.223 e. The van der Waals surface area contributed by atoms with Gasteiger partial charge in [-0.15, -0.1) is 21.5 Å². The third-order valence-corrected chi connectivity index (χ3v) is 4.50. The number of thiophene rings is 1. The van der Waals surface area contributed by atoms with Crippen molar-refractivity contribution in [1.29, 1.82) is 0 Å². The Bertz CT molecular complexity index is 1150. The summed E-state index contributed by atoms with van der Waals surface area (Å²) in [7, 11) is 0. The zero-order chi connectivity index (χ0) is 18.8. The van der Waals surface area contributed by atoms with Gasteiger partial charge in [0.2, 0.25) is 5.96 Å². The second-order valence-electron chi connectivity index (χ2n) is 5.55. The van der Waals surface area contributed by atoms with Gasteiger partial charge in [-0.25, -0.2) is 4.99 Å². The average Bonchev–Trinajstić information content (AvgIpc) is 3.30. The van der Waals surface area contributed by atoms with Crippen LogP contribution in [0.1, 0.15) is 0 Å². The van der Waals surface area contributed by atoms with E-state index < -0.39 is 0 Å². The van der Waals surface area contributed by atoms with Gasteiger partial charge in [0, 0.05) is 5.56 Å². The van der Waals surface area contributed by atoms with Gasteiger partial charge in [0.1, 0.15) is 0 Å². The molecule has 0 bridgehead atoms. The maximum Gasteiger partial charge on any atom is 0.223 e. The summed E-state index contributed by atoms with van der Waals surface area (Å²) in [6.45, 7) is 0. The summed E-state index contributed by atoms with van der Waals surface area (Å²) in [4.78, 5) is 8.90. The van der Waals surface area contributed by atoms with Gasteiger partial charge in [0.15, 0.2) is 17.4 Å². The van der Waals surface area contributed by atoms with Crippen molar-refractivity contribution in [1.82, 2.24) is 19.8 Å². The van der Waals surface area contributed by atoms with Gasteiger partial charge in [0.05, 0.1) is 16.3 Å². The number of aliphatic imine (C=N–C) groups is 2. The molecule has 0 atom stereocenters. The van der Waals surface area contributed by atoms with Crippen molar-refractivity contribution in [2.45, 2.75) is 0 Å². The number of rotatable bonds is 3. The Morgan fingerprint density at radius 2 is 1.89 bits per heavy atom. The van der Waals surface area contributed by atoms with E-state index in [0.29, 0.717) is 17.2 Å². The molecule has 1 aromatic carbocycles. The van der Waals surface area contributed by atoms with E-state index in [1.165, 1.54) is 0 Å². The average molecular weight is 377 g/mol. The van der Waals surface area contributed by atoms with Gasteiger partial charge >= 0.3 is 0 Å². The molecule has 4 aromatic rings. The highest BCUT2D eigenvalue weighted by Gasteiger charge is 2.11. The minimum Gasteiger partial charge on any atom is -0.370 e. The Labute approximate surface area is 157 Å². The third-order valence-electron chi connectivity index (χ3n) is 3.63. The summed E-state index contributed by atoms with van der Waals surface area (Å²) < 4.78 is 1.73. The van der Waals surface area contributed by atoms with Crippen LogP contribution in [-0.2, 0) is 0 Å². The molecule has 0 aliphatic rings. The van der Waals surface area contributed by atoms with Crippen LogP contribution in [0.3, 0.4) is 0 Å². The maximum atomic E-state index is 5.70. The van der Waals surface area contributed by atoms with Gasteiger partial charge in [0.25, 0.3) is 0 Å². The van der Waals surface area contributed by atoms with Crippen LogP contribution in [0.2, 0.25) is 0 Å². The second-order valence-corrected chi connectivity index (χ2v) is 6.49. The van der Waals surface area contributed by atoms with Crippen LogP contribution in [0.4, 0.5) is 5.69 Å². The minimum absolute atomic E-state index is 0.0191. The Morgan fingerprint density at radius 3 is 2.67 bits per heavy atom. The third kappa shape index (κ3) is 3.46. The second kappa shape index (κ2) is 6.84. The molecule has 0 saturated carbocycles. The molecule has 0 radical (unpaired) electrons. The summed E-state index contributed by atoms with van der Waals surface area (Å²) in [6, 6.07) is 15.1. The Hall–Kier alpha value is -3.79. The van der Waals surface area contributed by atoms with Crippen molar-refractivity contribution in [3.05, 3.63) is 53.9 Å². The van der Waals surface area contributed by atoms with Crippen molar-refractivity contribution in [3.63, 3.8) is 0 Å². The fraction of sp³-hybridized carbons (Fsp3) is 0. The van der Waals surface area contributed by atoms with Gasteiger partial charge in [-0.3, -0.25) is 0 Å². The zero-order valence-electron chi connectivity index (χ0n) is 14.0. The predicted molar refractivity (Wildman–Crippen MR) is 107 cm³/mol. The number of nitrogens with two attached hydrogens (primary N) is 3. The van der Waals surface area contributed by atoms with Crippen molar-refractivity contribution in [3.8, 4) is 22.0 Å². The molecule has 6 N–H and O–H groups in total. The number of benzene rings is 1. The summed E-state index contributed by atoms with van der Waals surface area (Å²) in [5.41, 5.74) is 19.2. The number of fused-ring (bicyclic) bond motifs is 1. The standard InChI is InChI=1S/C17H15N9S/c18-16(19)22-17(20)21-11-4-1-3-10(9-11)12-6-7-14-23-24-15(26(14)25-12)13-5-2-8-27-13/h1-9H,(H6,18,19,20,21,22). The van der Waals surface area contributed by atoms with Crippen LogP contribution in [-0.4, -0.2) is 31.7 Å². The zero-order valence-corrected chi connectivity index (χ0v) is 14.8. The van der Waals surface area contributed by atoms with E-state index in [1.807, 2.05) is 47.8 Å². The molecule has 9 nitrogen and oxygen atoms in total. The lowest BCUT2D eigenvalue weighted by atomic mass is 10.1. The van der Waals surface area contributed by atoms with Crippen LogP contribution < -0.4 is 17.2 Å². The Morgan fingerprint density at radius 1 is 1.00 bits per heavy atom. The molecular weight excluding hydrogens is 362 g/mol. The van der Waals surface area contributed by atoms with Crippen LogP contribution in [0.5, 0.6) is 0 Å². The maximum absolute atomic E-state index is 5.70. The first-order valence-corrected chi connectivity index (χ1v) is 8.79. The molecule has 0 aliphatic carbocycles. The number of hydrogen-bond acceptors (Lipinski definition) is 5. The fourth-order valence-corrected chi connectivity index (χ4v) is 3.22. The van der Waals surface area contributed by atoms with E-state index >= 15 is 0 Å². The molecule has 0 spiro atoms. The topological polar surface area (TPSA) is 146 Å². The van der Waals surface area contributed by atoms with Gasteiger partial charge in [-0.1, -0.05) is 18.2 Å². The Balaban J connectivity index is 1.76. The number of nitrogens with zero attached hydrogens (tertiary/aromatic N) is 6. The van der Waals surface area contributed by atoms with Crippen LogP contribution in [0, 0.1) is 0 Å². The van der Waals surface area contributed by atoms with Crippen molar-refractivity contribution in [2.75, 3.05) is 0 Å². The molecule has 0 fully saturated rings. The predicted octanol–water partition coefficient (Wildman–Crippen LogP) is 1.74. The molecule has 3 aromatic heterocycles. The molecule has 0 saturated heterocycles. The number of aromatic nitrogens is 4.